The molecule has 0 aliphatic carbocycles. The highest BCUT2D eigenvalue weighted by molar-refractivity contribution is 7.80. The maximum absolute atomic E-state index is 9.21. The first kappa shape index (κ1) is 10.6. The Labute approximate surface area is 85.2 Å². The number of aliphatic hydroxyl groups is 1. The summed E-state index contributed by atoms with van der Waals surface area (Å²) < 4.78 is 0. The quantitative estimate of drug-likeness (QED) is 0.662. The largest absolute Gasteiger partial charge is 0.392 e. The van der Waals surface area contributed by atoms with E-state index in [1.54, 1.807) is 0 Å². The van der Waals surface area contributed by atoms with Gasteiger partial charge in [0.05, 0.1) is 6.61 Å². The van der Waals surface area contributed by atoms with Gasteiger partial charge in [-0.3, -0.25) is 0 Å². The lowest BCUT2D eigenvalue weighted by atomic mass is 9.84. The van der Waals surface area contributed by atoms with E-state index in [9.17, 15) is 5.11 Å². The van der Waals surface area contributed by atoms with Gasteiger partial charge in [-0.25, -0.2) is 0 Å². The zero-order valence-corrected chi connectivity index (χ0v) is 9.23. The second-order valence-electron chi connectivity index (χ2n) is 4.21. The average molecular weight is 196 g/mol. The van der Waals surface area contributed by atoms with Gasteiger partial charge in [-0.1, -0.05) is 32.9 Å². The lowest BCUT2D eigenvalue weighted by Gasteiger charge is -2.23. The van der Waals surface area contributed by atoms with E-state index in [0.717, 1.165) is 10.5 Å². The van der Waals surface area contributed by atoms with Gasteiger partial charge in [-0.05, 0) is 22.6 Å². The summed E-state index contributed by atoms with van der Waals surface area (Å²) in [6, 6.07) is 5.93. The number of benzene rings is 1. The van der Waals surface area contributed by atoms with Crippen molar-refractivity contribution in [2.24, 2.45) is 0 Å². The Morgan fingerprint density at radius 1 is 1.31 bits per heavy atom. The summed E-state index contributed by atoms with van der Waals surface area (Å²) in [5, 5.41) is 9.21. The zero-order chi connectivity index (χ0) is 10.1. The number of hydrogen-bond acceptors (Lipinski definition) is 2. The fourth-order valence-corrected chi connectivity index (χ4v) is 1.72. The molecular weight excluding hydrogens is 180 g/mol. The minimum Gasteiger partial charge on any atom is -0.392 e. The normalized spacial score (nSPS) is 11.8. The van der Waals surface area contributed by atoms with Crippen LogP contribution in [0.2, 0.25) is 0 Å². The Morgan fingerprint density at radius 2 is 1.92 bits per heavy atom. The summed E-state index contributed by atoms with van der Waals surface area (Å²) in [7, 11) is 0. The van der Waals surface area contributed by atoms with Crippen LogP contribution in [-0.2, 0) is 12.0 Å². The van der Waals surface area contributed by atoms with Crippen LogP contribution in [0.15, 0.2) is 23.1 Å². The van der Waals surface area contributed by atoms with Crippen molar-refractivity contribution < 1.29 is 5.11 Å². The second kappa shape index (κ2) is 3.72. The van der Waals surface area contributed by atoms with E-state index in [4.69, 9.17) is 0 Å². The second-order valence-corrected chi connectivity index (χ2v) is 4.69. The third kappa shape index (κ3) is 2.26. The molecule has 0 atom stereocenters. The molecule has 2 heteroatoms. The van der Waals surface area contributed by atoms with Crippen molar-refractivity contribution in [1.82, 2.24) is 0 Å². The number of thiol groups is 1. The van der Waals surface area contributed by atoms with Crippen molar-refractivity contribution >= 4 is 12.6 Å². The molecule has 1 aromatic carbocycles. The van der Waals surface area contributed by atoms with Crippen LogP contribution in [0.3, 0.4) is 0 Å². The first-order valence-electron chi connectivity index (χ1n) is 4.39. The monoisotopic (exact) mass is 196 g/mol. The maximum atomic E-state index is 9.21. The summed E-state index contributed by atoms with van der Waals surface area (Å²) in [4.78, 5) is 0.870. The molecule has 72 valence electrons. The van der Waals surface area contributed by atoms with E-state index in [1.807, 2.05) is 18.2 Å². The SMILES string of the molecule is CC(C)(C)c1cccc(S)c1CO. The molecule has 0 aliphatic rings. The molecule has 1 rings (SSSR count). The molecule has 1 aromatic rings. The molecule has 0 saturated carbocycles. The molecule has 0 saturated heterocycles. The lowest BCUT2D eigenvalue weighted by Crippen LogP contribution is -2.14. The predicted octanol–water partition coefficient (Wildman–Crippen LogP) is 2.77. The predicted molar refractivity (Wildman–Crippen MR) is 58.3 cm³/mol. The molecular formula is C11H16OS. The molecule has 0 aromatic heterocycles. The van der Waals surface area contributed by atoms with Crippen LogP contribution in [0.1, 0.15) is 31.9 Å². The summed E-state index contributed by atoms with van der Waals surface area (Å²) in [5.41, 5.74) is 2.18. The van der Waals surface area contributed by atoms with Crippen LogP contribution >= 0.6 is 12.6 Å². The smallest absolute Gasteiger partial charge is 0.0695 e. The molecule has 0 bridgehead atoms. The van der Waals surface area contributed by atoms with Crippen molar-refractivity contribution in [2.45, 2.75) is 37.7 Å². The molecule has 13 heavy (non-hydrogen) atoms. The third-order valence-corrected chi connectivity index (χ3v) is 2.54. The van der Waals surface area contributed by atoms with E-state index in [0.29, 0.717) is 0 Å². The summed E-state index contributed by atoms with van der Waals surface area (Å²) in [5.74, 6) is 0. The molecule has 0 fully saturated rings. The van der Waals surface area contributed by atoms with Gasteiger partial charge >= 0.3 is 0 Å². The Balaban J connectivity index is 3.29. The number of hydrogen-bond donors (Lipinski definition) is 2. The molecule has 0 spiro atoms. The number of rotatable bonds is 1. The van der Waals surface area contributed by atoms with Crippen LogP contribution in [0, 0.1) is 0 Å². The van der Waals surface area contributed by atoms with E-state index in [-0.39, 0.29) is 12.0 Å². The van der Waals surface area contributed by atoms with Gasteiger partial charge in [0.2, 0.25) is 0 Å². The van der Waals surface area contributed by atoms with Crippen LogP contribution < -0.4 is 0 Å². The standard InChI is InChI=1S/C11H16OS/c1-11(2,3)9-5-4-6-10(13)8(9)7-12/h4-6,12-13H,7H2,1-3H3. The van der Waals surface area contributed by atoms with E-state index in [1.165, 1.54) is 5.56 Å². The van der Waals surface area contributed by atoms with E-state index >= 15 is 0 Å². The minimum atomic E-state index is 0.0618. The fraction of sp³-hybridized carbons (Fsp3) is 0.455. The van der Waals surface area contributed by atoms with E-state index < -0.39 is 0 Å². The van der Waals surface area contributed by atoms with Crippen LogP contribution in [0.4, 0.5) is 0 Å². The Morgan fingerprint density at radius 3 is 2.31 bits per heavy atom. The molecule has 0 heterocycles. The molecule has 0 unspecified atom stereocenters. The van der Waals surface area contributed by atoms with Gasteiger partial charge in [0, 0.05) is 4.90 Å². The van der Waals surface area contributed by atoms with Gasteiger partial charge in [-0.15, -0.1) is 12.6 Å². The topological polar surface area (TPSA) is 20.2 Å². The molecule has 1 N–H and O–H groups in total. The molecule has 1 nitrogen and oxygen atoms in total. The van der Waals surface area contributed by atoms with Gasteiger partial charge in [0.25, 0.3) is 0 Å². The third-order valence-electron chi connectivity index (χ3n) is 2.12. The van der Waals surface area contributed by atoms with Crippen LogP contribution in [0.5, 0.6) is 0 Å². The Kier molecular flexibility index (Phi) is 3.04. The van der Waals surface area contributed by atoms with Crippen molar-refractivity contribution in [3.8, 4) is 0 Å². The van der Waals surface area contributed by atoms with Crippen LogP contribution in [0.25, 0.3) is 0 Å². The molecule has 0 radical (unpaired) electrons. The van der Waals surface area contributed by atoms with Gasteiger partial charge in [-0.2, -0.15) is 0 Å². The summed E-state index contributed by atoms with van der Waals surface area (Å²) in [6.45, 7) is 6.46. The van der Waals surface area contributed by atoms with Crippen molar-refractivity contribution in [1.29, 1.82) is 0 Å². The fourth-order valence-electron chi connectivity index (χ4n) is 1.44. The van der Waals surface area contributed by atoms with E-state index in [2.05, 4.69) is 33.4 Å². The Hall–Kier alpha value is -0.470. The minimum absolute atomic E-state index is 0.0618. The van der Waals surface area contributed by atoms with Gasteiger partial charge in [0.15, 0.2) is 0 Å². The highest BCUT2D eigenvalue weighted by Gasteiger charge is 2.18. The summed E-state index contributed by atoms with van der Waals surface area (Å²) in [6.07, 6.45) is 0. The molecule has 0 aliphatic heterocycles. The van der Waals surface area contributed by atoms with Gasteiger partial charge in [0.1, 0.15) is 0 Å². The van der Waals surface area contributed by atoms with Crippen molar-refractivity contribution in [2.75, 3.05) is 0 Å². The summed E-state index contributed by atoms with van der Waals surface area (Å²) >= 11 is 4.32. The Bertz CT molecular complexity index is 299. The first-order chi connectivity index (χ1) is 5.96. The number of aliphatic hydroxyl groups excluding tert-OH is 1. The van der Waals surface area contributed by atoms with Crippen molar-refractivity contribution in [3.05, 3.63) is 29.3 Å². The van der Waals surface area contributed by atoms with Crippen molar-refractivity contribution in [3.63, 3.8) is 0 Å². The highest BCUT2D eigenvalue weighted by atomic mass is 32.1. The molecule has 0 amide bonds. The highest BCUT2D eigenvalue weighted by Crippen LogP contribution is 2.29. The lowest BCUT2D eigenvalue weighted by molar-refractivity contribution is 0.275. The zero-order valence-electron chi connectivity index (χ0n) is 8.33. The van der Waals surface area contributed by atoms with Gasteiger partial charge < -0.3 is 5.11 Å². The maximum Gasteiger partial charge on any atom is 0.0695 e. The van der Waals surface area contributed by atoms with Crippen LogP contribution in [-0.4, -0.2) is 5.11 Å². The average Bonchev–Trinajstić information content (AvgIpc) is 2.02. The first-order valence-corrected chi connectivity index (χ1v) is 4.83.